The molecule has 3 atom stereocenters. The summed E-state index contributed by atoms with van der Waals surface area (Å²) in [5.74, 6) is 2.62. The molecule has 1 aromatic rings. The zero-order chi connectivity index (χ0) is 16.2. The first-order valence-electron chi connectivity index (χ1n) is 9.81. The summed E-state index contributed by atoms with van der Waals surface area (Å²) in [4.78, 5) is 9.40. The van der Waals surface area contributed by atoms with Crippen LogP contribution < -0.4 is 0 Å². The second kappa shape index (κ2) is 7.94. The highest BCUT2D eigenvalue weighted by molar-refractivity contribution is 5.11. The Morgan fingerprint density at radius 3 is 2.67 bits per heavy atom. The van der Waals surface area contributed by atoms with Crippen molar-refractivity contribution in [3.05, 3.63) is 30.1 Å². The predicted octanol–water partition coefficient (Wildman–Crippen LogP) is 2.65. The molecule has 0 spiro atoms. The maximum absolute atomic E-state index is 5.98. The molecule has 4 rings (SSSR count). The Morgan fingerprint density at radius 2 is 1.92 bits per heavy atom. The molecule has 0 aromatic carbocycles. The topological polar surface area (TPSA) is 28.6 Å². The van der Waals surface area contributed by atoms with Gasteiger partial charge in [0.2, 0.25) is 0 Å². The molecule has 0 radical (unpaired) electrons. The van der Waals surface area contributed by atoms with E-state index in [2.05, 4.69) is 20.9 Å². The zero-order valence-electron chi connectivity index (χ0n) is 14.8. The van der Waals surface area contributed by atoms with Crippen LogP contribution in [-0.2, 0) is 11.3 Å². The molecular weight excluding hydrogens is 298 g/mol. The van der Waals surface area contributed by atoms with Gasteiger partial charge in [0.05, 0.1) is 6.61 Å². The van der Waals surface area contributed by atoms with E-state index in [1.807, 2.05) is 18.5 Å². The number of nitrogens with zero attached hydrogens (tertiary/aromatic N) is 3. The van der Waals surface area contributed by atoms with Crippen molar-refractivity contribution in [1.82, 2.24) is 14.8 Å². The molecular formula is C20H31N3O. The van der Waals surface area contributed by atoms with E-state index >= 15 is 0 Å². The maximum atomic E-state index is 5.98. The van der Waals surface area contributed by atoms with Crippen molar-refractivity contribution in [1.29, 1.82) is 0 Å². The van der Waals surface area contributed by atoms with Gasteiger partial charge in [0.25, 0.3) is 0 Å². The fourth-order valence-corrected chi connectivity index (χ4v) is 4.66. The lowest BCUT2D eigenvalue weighted by Crippen LogP contribution is -2.31. The number of aromatic nitrogens is 1. The van der Waals surface area contributed by atoms with Gasteiger partial charge < -0.3 is 9.64 Å². The van der Waals surface area contributed by atoms with Gasteiger partial charge in [0.15, 0.2) is 0 Å². The molecule has 3 aliphatic rings. The molecule has 4 nitrogen and oxygen atoms in total. The van der Waals surface area contributed by atoms with E-state index in [1.165, 1.54) is 64.0 Å². The van der Waals surface area contributed by atoms with Gasteiger partial charge in [0, 0.05) is 45.2 Å². The number of likely N-dealkylation sites (tertiary alicyclic amines) is 2. The van der Waals surface area contributed by atoms with E-state index in [0.29, 0.717) is 0 Å². The van der Waals surface area contributed by atoms with Crippen molar-refractivity contribution in [3.63, 3.8) is 0 Å². The molecule has 24 heavy (non-hydrogen) atoms. The van der Waals surface area contributed by atoms with E-state index in [-0.39, 0.29) is 0 Å². The van der Waals surface area contributed by atoms with Gasteiger partial charge in [0.1, 0.15) is 0 Å². The van der Waals surface area contributed by atoms with E-state index in [1.54, 1.807) is 0 Å². The predicted molar refractivity (Wildman–Crippen MR) is 95.7 cm³/mol. The minimum Gasteiger partial charge on any atom is -0.381 e. The summed E-state index contributed by atoms with van der Waals surface area (Å²) in [6, 6.07) is 4.21. The van der Waals surface area contributed by atoms with Gasteiger partial charge in [-0.15, -0.1) is 0 Å². The molecule has 0 amide bonds. The third-order valence-corrected chi connectivity index (χ3v) is 6.10. The molecule has 3 fully saturated rings. The smallest absolute Gasteiger partial charge is 0.0500 e. The summed E-state index contributed by atoms with van der Waals surface area (Å²) >= 11 is 0. The zero-order valence-corrected chi connectivity index (χ0v) is 14.8. The Balaban J connectivity index is 1.06. The Kier molecular flexibility index (Phi) is 5.46. The Bertz CT molecular complexity index is 491. The van der Waals surface area contributed by atoms with Gasteiger partial charge in [-0.1, -0.05) is 12.5 Å². The fourth-order valence-electron chi connectivity index (χ4n) is 4.66. The number of ether oxygens (including phenoxy) is 1. The van der Waals surface area contributed by atoms with Crippen LogP contribution in [0.4, 0.5) is 0 Å². The van der Waals surface area contributed by atoms with Gasteiger partial charge in [-0.2, -0.15) is 0 Å². The van der Waals surface area contributed by atoms with Crippen molar-refractivity contribution in [2.75, 3.05) is 45.9 Å². The van der Waals surface area contributed by atoms with Crippen LogP contribution in [-0.4, -0.2) is 60.7 Å². The van der Waals surface area contributed by atoms with E-state index in [0.717, 1.165) is 37.5 Å². The molecule has 1 aliphatic carbocycles. The van der Waals surface area contributed by atoms with Crippen LogP contribution in [0.25, 0.3) is 0 Å². The molecule has 1 saturated carbocycles. The van der Waals surface area contributed by atoms with Crippen LogP contribution >= 0.6 is 0 Å². The second-order valence-corrected chi connectivity index (χ2v) is 7.88. The highest BCUT2D eigenvalue weighted by Gasteiger charge is 2.55. The third-order valence-electron chi connectivity index (χ3n) is 6.10. The number of hydrogen-bond acceptors (Lipinski definition) is 4. The fraction of sp³-hybridized carbons (Fsp3) is 0.750. The molecule has 2 aliphatic heterocycles. The normalized spacial score (nSPS) is 30.4. The Morgan fingerprint density at radius 1 is 1.08 bits per heavy atom. The van der Waals surface area contributed by atoms with Crippen LogP contribution in [0.1, 0.15) is 31.2 Å². The second-order valence-electron chi connectivity index (χ2n) is 7.88. The summed E-state index contributed by atoms with van der Waals surface area (Å²) in [5, 5.41) is 0. The molecule has 132 valence electrons. The first-order valence-corrected chi connectivity index (χ1v) is 9.81. The highest BCUT2D eigenvalue weighted by atomic mass is 16.5. The molecule has 4 heteroatoms. The molecule has 0 unspecified atom stereocenters. The van der Waals surface area contributed by atoms with Gasteiger partial charge in [-0.05, 0) is 61.7 Å². The van der Waals surface area contributed by atoms with Crippen molar-refractivity contribution in [2.45, 2.75) is 32.2 Å². The van der Waals surface area contributed by atoms with Crippen molar-refractivity contribution in [2.24, 2.45) is 17.8 Å². The number of rotatable bonds is 8. The summed E-state index contributed by atoms with van der Waals surface area (Å²) in [6.07, 6.45) is 9.25. The standard InChI is InChI=1S/C20H31N3O/c1-2-8-22(9-3-1)10-5-11-24-16-20-18-14-23(15-19(18)20)13-17-6-4-7-21-12-17/h4,6-7,12,18-20H,1-3,5,8-11,13-16H2/t18-,19+,20-. The summed E-state index contributed by atoms with van der Waals surface area (Å²) < 4.78 is 5.98. The van der Waals surface area contributed by atoms with Crippen molar-refractivity contribution in [3.8, 4) is 0 Å². The largest absolute Gasteiger partial charge is 0.381 e. The third kappa shape index (κ3) is 4.16. The first kappa shape index (κ1) is 16.5. The van der Waals surface area contributed by atoms with E-state index < -0.39 is 0 Å². The van der Waals surface area contributed by atoms with Crippen molar-refractivity contribution < 1.29 is 4.74 Å². The first-order chi connectivity index (χ1) is 11.9. The number of piperidine rings is 2. The Hall–Kier alpha value is -0.970. The number of pyridine rings is 1. The van der Waals surface area contributed by atoms with Gasteiger partial charge >= 0.3 is 0 Å². The number of hydrogen-bond donors (Lipinski definition) is 0. The summed E-state index contributed by atoms with van der Waals surface area (Å²) in [6.45, 7) is 9.35. The monoisotopic (exact) mass is 329 g/mol. The van der Waals surface area contributed by atoms with Crippen LogP contribution in [0.5, 0.6) is 0 Å². The van der Waals surface area contributed by atoms with Crippen molar-refractivity contribution >= 4 is 0 Å². The van der Waals surface area contributed by atoms with Crippen LogP contribution in [0.2, 0.25) is 0 Å². The maximum Gasteiger partial charge on any atom is 0.0500 e. The highest BCUT2D eigenvalue weighted by Crippen LogP contribution is 2.51. The molecule has 0 N–H and O–H groups in total. The summed E-state index contributed by atoms with van der Waals surface area (Å²) in [5.41, 5.74) is 1.34. The quantitative estimate of drug-likeness (QED) is 0.686. The van der Waals surface area contributed by atoms with Gasteiger partial charge in [-0.3, -0.25) is 9.88 Å². The molecule has 2 saturated heterocycles. The average molecular weight is 329 g/mol. The minimum absolute atomic E-state index is 0.838. The van der Waals surface area contributed by atoms with Gasteiger partial charge in [-0.25, -0.2) is 0 Å². The number of fused-ring (bicyclic) bond motifs is 1. The van der Waals surface area contributed by atoms with Crippen LogP contribution in [0.3, 0.4) is 0 Å². The van der Waals surface area contributed by atoms with E-state index in [4.69, 9.17) is 4.74 Å². The minimum atomic E-state index is 0.838. The Labute approximate surface area is 146 Å². The van der Waals surface area contributed by atoms with Crippen LogP contribution in [0, 0.1) is 17.8 Å². The van der Waals surface area contributed by atoms with Crippen LogP contribution in [0.15, 0.2) is 24.5 Å². The molecule has 3 heterocycles. The molecule has 1 aromatic heterocycles. The SMILES string of the molecule is c1cncc(CN2C[C@@H]3[C@H](COCCCN4CCCCC4)[C@@H]3C2)c1. The molecule has 0 bridgehead atoms. The lowest BCUT2D eigenvalue weighted by molar-refractivity contribution is 0.0967. The van der Waals surface area contributed by atoms with E-state index in [9.17, 15) is 0 Å². The summed E-state index contributed by atoms with van der Waals surface area (Å²) in [7, 11) is 0. The average Bonchev–Trinajstić information content (AvgIpc) is 3.08. The lowest BCUT2D eigenvalue weighted by Gasteiger charge is -2.26. The lowest BCUT2D eigenvalue weighted by atomic mass is 10.1.